The van der Waals surface area contributed by atoms with Gasteiger partial charge in [-0.05, 0) is 64.3 Å². The first-order valence-corrected chi connectivity index (χ1v) is 10.4. The third-order valence-corrected chi connectivity index (χ3v) is 4.90. The van der Waals surface area contributed by atoms with Crippen molar-refractivity contribution >= 4 is 0 Å². The van der Waals surface area contributed by atoms with Crippen LogP contribution in [-0.4, -0.2) is 34.4 Å². The zero-order chi connectivity index (χ0) is 19.5. The van der Waals surface area contributed by atoms with E-state index in [9.17, 15) is 0 Å². The van der Waals surface area contributed by atoms with Crippen molar-refractivity contribution in [3.05, 3.63) is 49.3 Å². The highest BCUT2D eigenvalue weighted by atomic mass is 16.5. The van der Waals surface area contributed by atoms with E-state index in [2.05, 4.69) is 34.4 Å². The van der Waals surface area contributed by atoms with Gasteiger partial charge in [0.2, 0.25) is 0 Å². The molecular weight excluding hydrogens is 338 g/mol. The minimum absolute atomic E-state index is 0.167. The van der Waals surface area contributed by atoms with Gasteiger partial charge in [0.1, 0.15) is 5.76 Å². The third-order valence-electron chi connectivity index (χ3n) is 4.90. The smallest absolute Gasteiger partial charge is 0.161 e. The summed E-state index contributed by atoms with van der Waals surface area (Å²) in [7, 11) is 0. The molecular formula is C22H37N3O2. The summed E-state index contributed by atoms with van der Waals surface area (Å²) in [6.45, 7) is 7.09. The van der Waals surface area contributed by atoms with Crippen molar-refractivity contribution < 1.29 is 9.84 Å². The summed E-state index contributed by atoms with van der Waals surface area (Å²) in [6, 6.07) is 0.733. The fourth-order valence-corrected chi connectivity index (χ4v) is 3.31. The van der Waals surface area contributed by atoms with Crippen molar-refractivity contribution in [1.29, 1.82) is 0 Å². The van der Waals surface area contributed by atoms with E-state index in [1.54, 1.807) is 13.8 Å². The Morgan fingerprint density at radius 3 is 2.48 bits per heavy atom. The van der Waals surface area contributed by atoms with Crippen LogP contribution in [0.1, 0.15) is 65.2 Å². The molecule has 2 fully saturated rings. The van der Waals surface area contributed by atoms with E-state index in [-0.39, 0.29) is 12.3 Å². The third kappa shape index (κ3) is 7.71. The summed E-state index contributed by atoms with van der Waals surface area (Å²) in [5, 5.41) is 14.6. The molecule has 2 saturated carbocycles. The Bertz CT molecular complexity index is 515. The van der Waals surface area contributed by atoms with Gasteiger partial charge in [-0.1, -0.05) is 25.8 Å². The molecule has 3 N–H and O–H groups in total. The van der Waals surface area contributed by atoms with Gasteiger partial charge in [-0.3, -0.25) is 0 Å². The van der Waals surface area contributed by atoms with E-state index in [1.165, 1.54) is 51.4 Å². The second-order valence-corrected chi connectivity index (χ2v) is 7.71. The number of nitrogens with zero attached hydrogens (tertiary/aromatic N) is 1. The number of fused-ring (bicyclic) bond motifs is 1. The van der Waals surface area contributed by atoms with Gasteiger partial charge in [0.25, 0.3) is 0 Å². The number of allylic oxidation sites excluding steroid dienone is 2. The molecule has 1 unspecified atom stereocenters. The zero-order valence-corrected chi connectivity index (χ0v) is 16.9. The molecule has 0 aromatic heterocycles. The maximum atomic E-state index is 8.06. The fourth-order valence-electron chi connectivity index (χ4n) is 3.31. The van der Waals surface area contributed by atoms with Crippen molar-refractivity contribution in [1.82, 2.24) is 15.5 Å². The van der Waals surface area contributed by atoms with E-state index in [0.717, 1.165) is 11.8 Å². The summed E-state index contributed by atoms with van der Waals surface area (Å²) in [5.41, 5.74) is 0. The maximum Gasteiger partial charge on any atom is 0.161 e. The van der Waals surface area contributed by atoms with E-state index in [0.29, 0.717) is 6.10 Å². The van der Waals surface area contributed by atoms with Crippen LogP contribution < -0.4 is 10.6 Å². The van der Waals surface area contributed by atoms with Crippen LogP contribution in [-0.2, 0) is 4.74 Å². The lowest BCUT2D eigenvalue weighted by molar-refractivity contribution is 0.0318. The van der Waals surface area contributed by atoms with Crippen LogP contribution in [0.5, 0.6) is 0 Å². The Morgan fingerprint density at radius 2 is 1.89 bits per heavy atom. The fraction of sp³-hybridized carbons (Fsp3) is 0.636. The van der Waals surface area contributed by atoms with Gasteiger partial charge >= 0.3 is 0 Å². The molecule has 0 saturated heterocycles. The molecule has 0 amide bonds. The molecule has 2 aliphatic heterocycles. The van der Waals surface area contributed by atoms with Crippen molar-refractivity contribution in [2.24, 2.45) is 0 Å². The molecule has 2 heterocycles. The molecule has 2 aliphatic carbocycles. The summed E-state index contributed by atoms with van der Waals surface area (Å²) >= 11 is 0. The van der Waals surface area contributed by atoms with Crippen LogP contribution in [0.25, 0.3) is 0 Å². The Balaban J connectivity index is 0.000000174. The molecule has 0 spiro atoms. The molecule has 5 nitrogen and oxygen atoms in total. The Hall–Kier alpha value is -1.88. The number of hydrogen-bond acceptors (Lipinski definition) is 5. The van der Waals surface area contributed by atoms with Crippen LogP contribution in [0, 0.1) is 0 Å². The quantitative estimate of drug-likeness (QED) is 0.690. The normalized spacial score (nSPS) is 23.6. The van der Waals surface area contributed by atoms with Crippen LogP contribution in [0.3, 0.4) is 0 Å². The lowest BCUT2D eigenvalue weighted by Gasteiger charge is -2.33. The SMILES string of the molecule is C1=CN2C=CNC2C(OC2CCC2)=C1.C=CNC1CCCCC1.CC(C)O. The van der Waals surface area contributed by atoms with Crippen LogP contribution in [0.4, 0.5) is 0 Å². The second-order valence-electron chi connectivity index (χ2n) is 7.71. The number of aliphatic hydroxyl groups excluding tert-OH is 1. The first-order valence-electron chi connectivity index (χ1n) is 10.4. The van der Waals surface area contributed by atoms with Crippen molar-refractivity contribution in [3.63, 3.8) is 0 Å². The summed E-state index contributed by atoms with van der Waals surface area (Å²) in [5.74, 6) is 1.04. The Morgan fingerprint density at radius 1 is 1.19 bits per heavy atom. The first-order chi connectivity index (χ1) is 13.1. The standard InChI is InChI=1S/C11H14N2O.C8H15N.C3H8O/c1-3-9(4-1)14-10-5-2-7-13-8-6-12-11(10)13;1-2-9-8-6-4-3-5-7-8;1-3(2)4/h2,5-9,11-12H,1,3-4H2;2,8-9H,1,3-7H2;3-4H,1-2H3. The summed E-state index contributed by atoms with van der Waals surface area (Å²) < 4.78 is 5.91. The van der Waals surface area contributed by atoms with E-state index in [4.69, 9.17) is 9.84 Å². The first kappa shape index (κ1) is 21.4. The number of nitrogens with one attached hydrogen (secondary N) is 2. The average Bonchev–Trinajstić information content (AvgIpc) is 3.09. The highest BCUT2D eigenvalue weighted by Crippen LogP contribution is 2.28. The van der Waals surface area contributed by atoms with Gasteiger partial charge in [0, 0.05) is 30.7 Å². The van der Waals surface area contributed by atoms with Crippen molar-refractivity contribution in [2.75, 3.05) is 0 Å². The Labute approximate surface area is 164 Å². The molecule has 1 atom stereocenters. The van der Waals surface area contributed by atoms with Gasteiger partial charge in [-0.15, -0.1) is 0 Å². The largest absolute Gasteiger partial charge is 0.491 e. The number of aliphatic hydroxyl groups is 1. The Kier molecular flexibility index (Phi) is 9.32. The van der Waals surface area contributed by atoms with Crippen LogP contribution in [0.15, 0.2) is 49.3 Å². The minimum Gasteiger partial charge on any atom is -0.491 e. The van der Waals surface area contributed by atoms with Gasteiger partial charge in [0.05, 0.1) is 6.10 Å². The van der Waals surface area contributed by atoms with E-state index in [1.807, 2.05) is 24.7 Å². The molecule has 0 radical (unpaired) electrons. The van der Waals surface area contributed by atoms with Crippen molar-refractivity contribution in [2.45, 2.75) is 89.6 Å². The predicted molar refractivity (Wildman–Crippen MR) is 111 cm³/mol. The minimum atomic E-state index is -0.167. The maximum absolute atomic E-state index is 8.06. The second kappa shape index (κ2) is 11.8. The predicted octanol–water partition coefficient (Wildman–Crippen LogP) is 4.11. The summed E-state index contributed by atoms with van der Waals surface area (Å²) in [4.78, 5) is 2.12. The van der Waals surface area contributed by atoms with Gasteiger partial charge < -0.3 is 25.4 Å². The van der Waals surface area contributed by atoms with Gasteiger partial charge in [-0.2, -0.15) is 0 Å². The van der Waals surface area contributed by atoms with E-state index < -0.39 is 0 Å². The van der Waals surface area contributed by atoms with Gasteiger partial charge in [0.15, 0.2) is 6.17 Å². The highest BCUT2D eigenvalue weighted by Gasteiger charge is 2.28. The topological polar surface area (TPSA) is 56.8 Å². The summed E-state index contributed by atoms with van der Waals surface area (Å²) in [6.07, 6.45) is 23.0. The number of ether oxygens (including phenoxy) is 1. The molecule has 0 aromatic carbocycles. The highest BCUT2D eigenvalue weighted by molar-refractivity contribution is 5.23. The van der Waals surface area contributed by atoms with Gasteiger partial charge in [-0.25, -0.2) is 0 Å². The van der Waals surface area contributed by atoms with Crippen LogP contribution >= 0.6 is 0 Å². The van der Waals surface area contributed by atoms with E-state index >= 15 is 0 Å². The molecule has 5 heteroatoms. The lowest BCUT2D eigenvalue weighted by atomic mass is 9.96. The van der Waals surface area contributed by atoms with Crippen LogP contribution in [0.2, 0.25) is 0 Å². The number of hydrogen-bond donors (Lipinski definition) is 3. The molecule has 4 aliphatic rings. The number of rotatable bonds is 4. The zero-order valence-electron chi connectivity index (χ0n) is 16.9. The molecule has 0 bridgehead atoms. The average molecular weight is 376 g/mol. The molecule has 152 valence electrons. The molecule has 27 heavy (non-hydrogen) atoms. The van der Waals surface area contributed by atoms with Crippen molar-refractivity contribution in [3.8, 4) is 0 Å². The monoisotopic (exact) mass is 375 g/mol. The molecule has 0 aromatic rings. The molecule has 4 rings (SSSR count). The lowest BCUT2D eigenvalue weighted by Crippen LogP contribution is -2.38.